The Morgan fingerprint density at radius 1 is 1.33 bits per heavy atom. The lowest BCUT2D eigenvalue weighted by molar-refractivity contribution is -0.120. The van der Waals surface area contributed by atoms with Crippen molar-refractivity contribution in [3.8, 4) is 0 Å². The predicted octanol–water partition coefficient (Wildman–Crippen LogP) is 1.62. The van der Waals surface area contributed by atoms with Gasteiger partial charge in [-0.25, -0.2) is 4.98 Å². The van der Waals surface area contributed by atoms with Crippen LogP contribution in [0.2, 0.25) is 0 Å². The molecule has 1 amide bonds. The number of imidazole rings is 1. The zero-order valence-electron chi connectivity index (χ0n) is 10.4. The van der Waals surface area contributed by atoms with Crippen LogP contribution in [0.15, 0.2) is 36.7 Å². The minimum Gasteiger partial charge on any atom is -0.355 e. The lowest BCUT2D eigenvalue weighted by Gasteiger charge is -2.04. The maximum Gasteiger partial charge on any atom is 0.224 e. The molecule has 0 radical (unpaired) electrons. The Kier molecular flexibility index (Phi) is 4.12. The highest BCUT2D eigenvalue weighted by Gasteiger charge is 2.03. The van der Waals surface area contributed by atoms with Crippen LogP contribution < -0.4 is 5.32 Å². The molecule has 2 aromatic rings. The number of nitrogens with zero attached hydrogens (tertiary/aromatic N) is 1. The summed E-state index contributed by atoms with van der Waals surface area (Å²) in [6.45, 7) is 2.64. The first-order valence-electron chi connectivity index (χ1n) is 6.04. The third-order valence-corrected chi connectivity index (χ3v) is 2.72. The molecule has 0 saturated heterocycles. The van der Waals surface area contributed by atoms with Crippen molar-refractivity contribution in [2.45, 2.75) is 19.8 Å². The minimum atomic E-state index is 0.0467. The largest absolute Gasteiger partial charge is 0.355 e. The third-order valence-electron chi connectivity index (χ3n) is 2.72. The Hall–Kier alpha value is -2.10. The molecule has 0 bridgehead atoms. The van der Waals surface area contributed by atoms with E-state index in [1.807, 2.05) is 31.2 Å². The van der Waals surface area contributed by atoms with Crippen LogP contribution in [0.5, 0.6) is 0 Å². The highest BCUT2D eigenvalue weighted by molar-refractivity contribution is 5.78. The smallest absolute Gasteiger partial charge is 0.224 e. The molecular formula is C14H17N3O. The number of hydrogen-bond acceptors (Lipinski definition) is 2. The van der Waals surface area contributed by atoms with Gasteiger partial charge in [0.15, 0.2) is 0 Å². The topological polar surface area (TPSA) is 57.8 Å². The second-order valence-electron chi connectivity index (χ2n) is 4.30. The Morgan fingerprint density at radius 3 is 2.78 bits per heavy atom. The lowest BCUT2D eigenvalue weighted by atomic mass is 10.1. The van der Waals surface area contributed by atoms with Crippen molar-refractivity contribution in [3.63, 3.8) is 0 Å². The molecule has 1 aromatic heterocycles. The van der Waals surface area contributed by atoms with Crippen LogP contribution in [0.4, 0.5) is 0 Å². The summed E-state index contributed by atoms with van der Waals surface area (Å²) in [5.74, 6) is 0.941. The second kappa shape index (κ2) is 6.00. The SMILES string of the molecule is Cc1ccc(CC(=O)NCCc2ncc[nH]2)cc1. The van der Waals surface area contributed by atoms with Crippen LogP contribution in [0.3, 0.4) is 0 Å². The summed E-state index contributed by atoms with van der Waals surface area (Å²) >= 11 is 0. The molecule has 0 aliphatic heterocycles. The maximum absolute atomic E-state index is 11.7. The summed E-state index contributed by atoms with van der Waals surface area (Å²) in [6, 6.07) is 8.01. The zero-order valence-corrected chi connectivity index (χ0v) is 10.4. The first-order chi connectivity index (χ1) is 8.74. The molecule has 0 fully saturated rings. The monoisotopic (exact) mass is 243 g/mol. The zero-order chi connectivity index (χ0) is 12.8. The van der Waals surface area contributed by atoms with Gasteiger partial charge in [0.2, 0.25) is 5.91 Å². The Morgan fingerprint density at radius 2 is 2.11 bits per heavy atom. The fourth-order valence-electron chi connectivity index (χ4n) is 1.71. The fraction of sp³-hybridized carbons (Fsp3) is 0.286. The van der Waals surface area contributed by atoms with E-state index < -0.39 is 0 Å². The van der Waals surface area contributed by atoms with E-state index in [0.717, 1.165) is 17.8 Å². The molecule has 0 aliphatic rings. The van der Waals surface area contributed by atoms with E-state index in [1.54, 1.807) is 12.4 Å². The first kappa shape index (κ1) is 12.4. The summed E-state index contributed by atoms with van der Waals surface area (Å²) < 4.78 is 0. The van der Waals surface area contributed by atoms with Crippen LogP contribution in [0, 0.1) is 6.92 Å². The van der Waals surface area contributed by atoms with Gasteiger partial charge in [-0.3, -0.25) is 4.79 Å². The van der Waals surface area contributed by atoms with Crippen LogP contribution in [0.25, 0.3) is 0 Å². The van der Waals surface area contributed by atoms with E-state index in [4.69, 9.17) is 0 Å². The van der Waals surface area contributed by atoms with E-state index >= 15 is 0 Å². The molecule has 94 valence electrons. The van der Waals surface area contributed by atoms with Gasteiger partial charge < -0.3 is 10.3 Å². The molecule has 2 N–H and O–H groups in total. The number of aromatic amines is 1. The summed E-state index contributed by atoms with van der Waals surface area (Å²) in [7, 11) is 0. The van der Waals surface area contributed by atoms with Gasteiger partial charge in [0.1, 0.15) is 5.82 Å². The number of amides is 1. The van der Waals surface area contributed by atoms with Crippen molar-refractivity contribution in [2.75, 3.05) is 6.54 Å². The van der Waals surface area contributed by atoms with Gasteiger partial charge in [0.25, 0.3) is 0 Å². The molecule has 1 aromatic carbocycles. The molecule has 2 rings (SSSR count). The molecule has 0 spiro atoms. The molecule has 4 nitrogen and oxygen atoms in total. The number of benzene rings is 1. The summed E-state index contributed by atoms with van der Waals surface area (Å²) in [6.07, 6.45) is 4.65. The van der Waals surface area contributed by atoms with Crippen molar-refractivity contribution in [2.24, 2.45) is 0 Å². The molecule has 4 heteroatoms. The van der Waals surface area contributed by atoms with E-state index in [0.29, 0.717) is 13.0 Å². The van der Waals surface area contributed by atoms with Crippen molar-refractivity contribution < 1.29 is 4.79 Å². The van der Waals surface area contributed by atoms with Crippen molar-refractivity contribution >= 4 is 5.91 Å². The molecule has 1 heterocycles. The van der Waals surface area contributed by atoms with Gasteiger partial charge in [-0.15, -0.1) is 0 Å². The molecule has 0 unspecified atom stereocenters. The predicted molar refractivity (Wildman–Crippen MR) is 70.2 cm³/mol. The van der Waals surface area contributed by atoms with E-state index in [-0.39, 0.29) is 5.91 Å². The summed E-state index contributed by atoms with van der Waals surface area (Å²) in [5, 5.41) is 2.89. The number of aryl methyl sites for hydroxylation is 1. The number of carbonyl (C=O) groups is 1. The molecule has 0 atom stereocenters. The van der Waals surface area contributed by atoms with Gasteiger partial charge in [0.05, 0.1) is 6.42 Å². The number of carbonyl (C=O) groups excluding carboxylic acids is 1. The second-order valence-corrected chi connectivity index (χ2v) is 4.30. The van der Waals surface area contributed by atoms with E-state index in [9.17, 15) is 4.79 Å². The summed E-state index contributed by atoms with van der Waals surface area (Å²) in [4.78, 5) is 18.8. The average Bonchev–Trinajstić information content (AvgIpc) is 2.85. The van der Waals surface area contributed by atoms with Crippen molar-refractivity contribution in [3.05, 3.63) is 53.6 Å². The van der Waals surface area contributed by atoms with Crippen LogP contribution in [0.1, 0.15) is 17.0 Å². The minimum absolute atomic E-state index is 0.0467. The Labute approximate surface area is 106 Å². The molecule has 18 heavy (non-hydrogen) atoms. The normalized spacial score (nSPS) is 10.3. The van der Waals surface area contributed by atoms with Gasteiger partial charge in [-0.1, -0.05) is 29.8 Å². The first-order valence-corrected chi connectivity index (χ1v) is 6.04. The van der Waals surface area contributed by atoms with E-state index in [1.165, 1.54) is 5.56 Å². The van der Waals surface area contributed by atoms with Gasteiger partial charge in [0, 0.05) is 25.4 Å². The number of aromatic nitrogens is 2. The molecule has 0 aliphatic carbocycles. The summed E-state index contributed by atoms with van der Waals surface area (Å²) in [5.41, 5.74) is 2.24. The van der Waals surface area contributed by atoms with Crippen molar-refractivity contribution in [1.82, 2.24) is 15.3 Å². The van der Waals surface area contributed by atoms with E-state index in [2.05, 4.69) is 15.3 Å². The number of hydrogen-bond donors (Lipinski definition) is 2. The highest BCUT2D eigenvalue weighted by Crippen LogP contribution is 2.03. The number of nitrogens with one attached hydrogen (secondary N) is 2. The quantitative estimate of drug-likeness (QED) is 0.838. The highest BCUT2D eigenvalue weighted by atomic mass is 16.1. The van der Waals surface area contributed by atoms with Gasteiger partial charge >= 0.3 is 0 Å². The third kappa shape index (κ3) is 3.73. The number of H-pyrrole nitrogens is 1. The van der Waals surface area contributed by atoms with Crippen LogP contribution in [-0.4, -0.2) is 22.4 Å². The standard InChI is InChI=1S/C14H17N3O/c1-11-2-4-12(5-3-11)10-14(18)17-7-6-13-15-8-9-16-13/h2-5,8-9H,6-7,10H2,1H3,(H,15,16)(H,17,18). The molecule has 0 saturated carbocycles. The maximum atomic E-state index is 11.7. The van der Waals surface area contributed by atoms with Gasteiger partial charge in [-0.2, -0.15) is 0 Å². The fourth-order valence-corrected chi connectivity index (χ4v) is 1.71. The van der Waals surface area contributed by atoms with Gasteiger partial charge in [-0.05, 0) is 12.5 Å². The van der Waals surface area contributed by atoms with Crippen LogP contribution >= 0.6 is 0 Å². The Balaban J connectivity index is 1.73. The number of rotatable bonds is 5. The molecular weight excluding hydrogens is 226 g/mol. The Bertz CT molecular complexity index is 488. The lowest BCUT2D eigenvalue weighted by Crippen LogP contribution is -2.27. The van der Waals surface area contributed by atoms with Crippen LogP contribution in [-0.2, 0) is 17.6 Å². The average molecular weight is 243 g/mol. The van der Waals surface area contributed by atoms with Crippen molar-refractivity contribution in [1.29, 1.82) is 0 Å².